The van der Waals surface area contributed by atoms with E-state index < -0.39 is 6.04 Å². The highest BCUT2D eigenvalue weighted by Crippen LogP contribution is 2.11. The van der Waals surface area contributed by atoms with Crippen LogP contribution in [-0.4, -0.2) is 22.8 Å². The van der Waals surface area contributed by atoms with Gasteiger partial charge in [0.05, 0.1) is 4.88 Å². The maximum Gasteiger partial charge on any atom is 0.262 e. The molecule has 0 aliphatic carbocycles. The van der Waals surface area contributed by atoms with Gasteiger partial charge in [-0.2, -0.15) is 0 Å². The van der Waals surface area contributed by atoms with Crippen molar-refractivity contribution in [2.24, 2.45) is 5.92 Å². The van der Waals surface area contributed by atoms with Gasteiger partial charge in [0.25, 0.3) is 11.5 Å². The van der Waals surface area contributed by atoms with Crippen molar-refractivity contribution in [3.63, 3.8) is 0 Å². The summed E-state index contributed by atoms with van der Waals surface area (Å²) in [6.45, 7) is 7.50. The lowest BCUT2D eigenvalue weighted by Crippen LogP contribution is -2.49. The third-order valence-electron chi connectivity index (χ3n) is 3.91. The number of aryl methyl sites for hydroxylation is 2. The van der Waals surface area contributed by atoms with Crippen LogP contribution in [0.15, 0.2) is 28.4 Å². The van der Waals surface area contributed by atoms with Gasteiger partial charge in [0.2, 0.25) is 5.91 Å². The van der Waals surface area contributed by atoms with Crippen molar-refractivity contribution in [1.29, 1.82) is 0 Å². The second-order valence-corrected chi connectivity index (χ2v) is 7.28. The molecule has 0 fully saturated rings. The first-order valence-electron chi connectivity index (χ1n) is 8.11. The summed E-state index contributed by atoms with van der Waals surface area (Å²) < 4.78 is 0. The van der Waals surface area contributed by atoms with Gasteiger partial charge in [-0.1, -0.05) is 19.9 Å². The average Bonchev–Trinajstić information content (AvgIpc) is 3.05. The summed E-state index contributed by atoms with van der Waals surface area (Å²) in [4.78, 5) is 40.1. The zero-order chi connectivity index (χ0) is 18.6. The number of thiophene rings is 1. The van der Waals surface area contributed by atoms with Crippen LogP contribution in [-0.2, 0) is 11.3 Å². The number of carbonyl (C=O) groups is 2. The van der Waals surface area contributed by atoms with Crippen molar-refractivity contribution >= 4 is 23.2 Å². The number of aromatic nitrogens is 1. The highest BCUT2D eigenvalue weighted by molar-refractivity contribution is 7.12. The van der Waals surface area contributed by atoms with Gasteiger partial charge in [0, 0.05) is 17.8 Å². The van der Waals surface area contributed by atoms with Crippen LogP contribution < -0.4 is 16.2 Å². The van der Waals surface area contributed by atoms with Crippen LogP contribution in [0.3, 0.4) is 0 Å². The molecular weight excluding hydrogens is 338 g/mol. The molecule has 7 heteroatoms. The second-order valence-electron chi connectivity index (χ2n) is 6.33. The second kappa shape index (κ2) is 8.11. The van der Waals surface area contributed by atoms with Gasteiger partial charge in [-0.15, -0.1) is 11.3 Å². The average molecular weight is 361 g/mol. The zero-order valence-corrected chi connectivity index (χ0v) is 15.6. The third kappa shape index (κ3) is 4.79. The SMILES string of the molecule is Cc1cc(C)c(CNC(=O)C(NC(=O)c2cccs2)C(C)C)c(=O)[nH]1. The number of rotatable bonds is 6. The Kier molecular flexibility index (Phi) is 6.14. The van der Waals surface area contributed by atoms with Gasteiger partial charge in [-0.3, -0.25) is 14.4 Å². The number of pyridine rings is 1. The van der Waals surface area contributed by atoms with Crippen molar-refractivity contribution in [3.8, 4) is 0 Å². The van der Waals surface area contributed by atoms with Gasteiger partial charge in [0.1, 0.15) is 6.04 Å². The molecule has 0 bridgehead atoms. The molecule has 25 heavy (non-hydrogen) atoms. The smallest absolute Gasteiger partial charge is 0.262 e. The van der Waals surface area contributed by atoms with Crippen LogP contribution in [0.2, 0.25) is 0 Å². The summed E-state index contributed by atoms with van der Waals surface area (Å²) in [5.74, 6) is -0.659. The van der Waals surface area contributed by atoms with Crippen LogP contribution in [0.5, 0.6) is 0 Å². The van der Waals surface area contributed by atoms with E-state index in [1.165, 1.54) is 11.3 Å². The molecule has 0 saturated heterocycles. The number of aromatic amines is 1. The lowest BCUT2D eigenvalue weighted by molar-refractivity contribution is -0.124. The molecule has 1 unspecified atom stereocenters. The molecule has 2 amide bonds. The molecule has 2 rings (SSSR count). The van der Waals surface area contributed by atoms with Crippen LogP contribution >= 0.6 is 11.3 Å². The molecule has 2 heterocycles. The minimum Gasteiger partial charge on any atom is -0.350 e. The maximum absolute atomic E-state index is 12.5. The van der Waals surface area contributed by atoms with E-state index in [2.05, 4.69) is 15.6 Å². The topological polar surface area (TPSA) is 91.1 Å². The fraction of sp³-hybridized carbons (Fsp3) is 0.389. The van der Waals surface area contributed by atoms with Crippen molar-refractivity contribution in [1.82, 2.24) is 15.6 Å². The Balaban J connectivity index is 2.06. The van der Waals surface area contributed by atoms with E-state index in [4.69, 9.17) is 0 Å². The van der Waals surface area contributed by atoms with E-state index in [0.29, 0.717) is 10.4 Å². The van der Waals surface area contributed by atoms with Crippen LogP contribution in [0.4, 0.5) is 0 Å². The summed E-state index contributed by atoms with van der Waals surface area (Å²) in [5, 5.41) is 7.34. The number of nitrogens with one attached hydrogen (secondary N) is 3. The Morgan fingerprint density at radius 3 is 2.56 bits per heavy atom. The van der Waals surface area contributed by atoms with Gasteiger partial charge in [-0.05, 0) is 42.8 Å². The molecule has 1 atom stereocenters. The first-order valence-corrected chi connectivity index (χ1v) is 8.99. The Morgan fingerprint density at radius 1 is 1.28 bits per heavy atom. The number of hydrogen-bond acceptors (Lipinski definition) is 4. The molecular formula is C18H23N3O3S. The monoisotopic (exact) mass is 361 g/mol. The molecule has 6 nitrogen and oxygen atoms in total. The predicted molar refractivity (Wildman–Crippen MR) is 98.8 cm³/mol. The normalized spacial score (nSPS) is 12.0. The molecule has 134 valence electrons. The summed E-state index contributed by atoms with van der Waals surface area (Å²) in [6.07, 6.45) is 0. The number of hydrogen-bond donors (Lipinski definition) is 3. The molecule has 0 aromatic carbocycles. The fourth-order valence-electron chi connectivity index (χ4n) is 2.54. The van der Waals surface area contributed by atoms with Gasteiger partial charge >= 0.3 is 0 Å². The number of carbonyl (C=O) groups excluding carboxylic acids is 2. The summed E-state index contributed by atoms with van der Waals surface area (Å²) in [7, 11) is 0. The van der Waals surface area contributed by atoms with Crippen molar-refractivity contribution in [3.05, 3.63) is 55.6 Å². The van der Waals surface area contributed by atoms with E-state index >= 15 is 0 Å². The zero-order valence-electron chi connectivity index (χ0n) is 14.8. The molecule has 2 aromatic heterocycles. The third-order valence-corrected chi connectivity index (χ3v) is 4.78. The molecule has 3 N–H and O–H groups in total. The number of H-pyrrole nitrogens is 1. The Bertz CT molecular complexity index is 809. The molecule has 0 saturated carbocycles. The lowest BCUT2D eigenvalue weighted by atomic mass is 10.0. The maximum atomic E-state index is 12.5. The first kappa shape index (κ1) is 18.9. The largest absolute Gasteiger partial charge is 0.350 e. The highest BCUT2D eigenvalue weighted by atomic mass is 32.1. The Labute approximate surface area is 150 Å². The molecule has 2 aromatic rings. The first-order chi connectivity index (χ1) is 11.8. The van der Waals surface area contributed by atoms with E-state index in [1.807, 2.05) is 39.1 Å². The molecule has 0 radical (unpaired) electrons. The van der Waals surface area contributed by atoms with Crippen molar-refractivity contribution < 1.29 is 9.59 Å². The van der Waals surface area contributed by atoms with Gasteiger partial charge < -0.3 is 15.6 Å². The van der Waals surface area contributed by atoms with Crippen molar-refractivity contribution in [2.45, 2.75) is 40.3 Å². The van der Waals surface area contributed by atoms with E-state index in [-0.39, 0.29) is 29.8 Å². The molecule has 0 aliphatic heterocycles. The Morgan fingerprint density at radius 2 is 2.00 bits per heavy atom. The highest BCUT2D eigenvalue weighted by Gasteiger charge is 2.25. The lowest BCUT2D eigenvalue weighted by Gasteiger charge is -2.21. The minimum absolute atomic E-state index is 0.0821. The van der Waals surface area contributed by atoms with Crippen LogP contribution in [0.25, 0.3) is 0 Å². The van der Waals surface area contributed by atoms with Crippen LogP contribution in [0.1, 0.15) is 40.3 Å². The predicted octanol–water partition coefficient (Wildman–Crippen LogP) is 2.12. The Hall–Kier alpha value is -2.41. The van der Waals surface area contributed by atoms with Gasteiger partial charge in [0.15, 0.2) is 0 Å². The summed E-state index contributed by atoms with van der Waals surface area (Å²) in [6, 6.07) is 4.70. The fourth-order valence-corrected chi connectivity index (χ4v) is 3.17. The quantitative estimate of drug-likeness (QED) is 0.736. The summed E-state index contributed by atoms with van der Waals surface area (Å²) >= 11 is 1.32. The molecule has 0 spiro atoms. The van der Waals surface area contributed by atoms with Gasteiger partial charge in [-0.25, -0.2) is 0 Å². The number of amides is 2. The van der Waals surface area contributed by atoms with Crippen LogP contribution in [0, 0.1) is 19.8 Å². The van der Waals surface area contributed by atoms with Crippen molar-refractivity contribution in [2.75, 3.05) is 0 Å². The minimum atomic E-state index is -0.667. The summed E-state index contributed by atoms with van der Waals surface area (Å²) in [5.41, 5.74) is 1.92. The van der Waals surface area contributed by atoms with E-state index in [1.54, 1.807) is 12.1 Å². The van der Waals surface area contributed by atoms with E-state index in [0.717, 1.165) is 11.3 Å². The standard InChI is InChI=1S/C18H23N3O3S/c1-10(2)15(21-17(23)14-6-5-7-25-14)18(24)19-9-13-11(3)8-12(4)20-16(13)22/h5-8,10,15H,9H2,1-4H3,(H,19,24)(H,20,22)(H,21,23). The van der Waals surface area contributed by atoms with E-state index in [9.17, 15) is 14.4 Å². The molecule has 0 aliphatic rings.